The fourth-order valence-corrected chi connectivity index (χ4v) is 9.83. The summed E-state index contributed by atoms with van der Waals surface area (Å²) in [6.45, 7) is 1.82. The third-order valence-electron chi connectivity index (χ3n) is 13.5. The number of nitrogens with one attached hydrogen (secondary N) is 2. The first-order valence-electron chi connectivity index (χ1n) is 26.1. The molecule has 3 fully saturated rings. The number of hydrogen-bond acceptors (Lipinski definition) is 14. The molecule has 0 aliphatic carbocycles. The van der Waals surface area contributed by atoms with E-state index in [0.29, 0.717) is 0 Å². The Labute approximate surface area is 475 Å². The molecule has 11 atom stereocenters. The molecule has 1 spiro atoms. The number of carbonyl (C=O) groups is 2. The van der Waals surface area contributed by atoms with Crippen LogP contribution in [0.5, 0.6) is 0 Å². The molecule has 416 valence electrons. The van der Waals surface area contributed by atoms with E-state index in [1.807, 2.05) is 182 Å². The molecule has 0 saturated carbocycles. The topological polar surface area (TPSA) is 172 Å². The third kappa shape index (κ3) is 16.0. The number of benzene rings is 6. The van der Waals surface area contributed by atoms with E-state index in [9.17, 15) is 4.79 Å². The maximum absolute atomic E-state index is 15.5. The zero-order chi connectivity index (χ0) is 55.0. The Kier molecular flexibility index (Phi) is 20.6. The predicted octanol–water partition coefficient (Wildman–Crippen LogP) is 10.2. The van der Waals surface area contributed by atoms with Crippen LogP contribution in [0.4, 0.5) is 0 Å². The number of halogens is 3. The molecule has 3 aliphatic heterocycles. The van der Waals surface area contributed by atoms with Crippen LogP contribution >= 0.6 is 34.8 Å². The average Bonchev–Trinajstić information content (AvgIpc) is 3.49. The van der Waals surface area contributed by atoms with E-state index >= 15 is 4.79 Å². The second-order valence-corrected chi connectivity index (χ2v) is 21.7. The van der Waals surface area contributed by atoms with Crippen LogP contribution in [0.3, 0.4) is 0 Å². The van der Waals surface area contributed by atoms with Gasteiger partial charge in [0.05, 0.1) is 65.0 Å². The van der Waals surface area contributed by atoms with Gasteiger partial charge in [-0.3, -0.25) is 10.2 Å². The van der Waals surface area contributed by atoms with Crippen LogP contribution in [-0.2, 0) is 101 Å². The molecule has 0 bridgehead atoms. The number of ether oxygens (including phenoxy) is 11. The molecule has 3 saturated heterocycles. The zero-order valence-electron chi connectivity index (χ0n) is 43.4. The number of carbonyl (C=O) groups excluding carboxylic acids is 2. The highest BCUT2D eigenvalue weighted by Crippen LogP contribution is 2.45. The minimum atomic E-state index is -2.32. The van der Waals surface area contributed by atoms with Gasteiger partial charge < -0.3 is 57.4 Å². The van der Waals surface area contributed by atoms with Crippen molar-refractivity contribution in [2.24, 2.45) is 0 Å². The number of amides is 1. The summed E-state index contributed by atoms with van der Waals surface area (Å²) >= 11 is 18.7. The van der Waals surface area contributed by atoms with Crippen molar-refractivity contribution >= 4 is 52.6 Å². The molecule has 79 heavy (non-hydrogen) atoms. The second kappa shape index (κ2) is 28.1. The molecule has 15 nitrogen and oxygen atoms in total. The normalized spacial score (nSPS) is 24.6. The highest BCUT2D eigenvalue weighted by atomic mass is 35.6. The van der Waals surface area contributed by atoms with Crippen molar-refractivity contribution < 1.29 is 61.7 Å². The quantitative estimate of drug-likeness (QED) is 0.0254. The zero-order valence-corrected chi connectivity index (χ0v) is 45.7. The molecule has 1 amide bonds. The highest BCUT2D eigenvalue weighted by molar-refractivity contribution is 6.76. The van der Waals surface area contributed by atoms with Crippen LogP contribution in [0, 0.1) is 5.41 Å². The van der Waals surface area contributed by atoms with Gasteiger partial charge in [-0.2, -0.15) is 0 Å². The van der Waals surface area contributed by atoms with Crippen LogP contribution in [0.2, 0.25) is 0 Å². The molecule has 3 heterocycles. The largest absolute Gasteiger partial charge is 0.453 e. The molecule has 6 aromatic carbocycles. The lowest BCUT2D eigenvalue weighted by molar-refractivity contribution is -0.397. The van der Waals surface area contributed by atoms with E-state index in [4.69, 9.17) is 92.3 Å². The second-order valence-electron chi connectivity index (χ2n) is 19.4. The molecular weight excluding hydrogens is 1080 g/mol. The summed E-state index contributed by atoms with van der Waals surface area (Å²) in [5.41, 5.74) is 5.07. The van der Waals surface area contributed by atoms with Gasteiger partial charge in [-0.25, -0.2) is 4.79 Å². The van der Waals surface area contributed by atoms with Gasteiger partial charge in [0.2, 0.25) is 18.1 Å². The van der Waals surface area contributed by atoms with Gasteiger partial charge in [0.25, 0.3) is 9.58 Å². The number of hydrogen-bond donors (Lipinski definition) is 2. The van der Waals surface area contributed by atoms with Crippen molar-refractivity contribution in [1.29, 1.82) is 5.41 Å². The predicted molar refractivity (Wildman–Crippen MR) is 295 cm³/mol. The molecule has 3 unspecified atom stereocenters. The van der Waals surface area contributed by atoms with Crippen molar-refractivity contribution in [3.8, 4) is 0 Å². The van der Waals surface area contributed by atoms with Crippen molar-refractivity contribution in [3.63, 3.8) is 0 Å². The fraction of sp³-hybridized carbons (Fsp3) is 0.361. The van der Waals surface area contributed by atoms with Crippen molar-refractivity contribution in [3.05, 3.63) is 215 Å². The van der Waals surface area contributed by atoms with Gasteiger partial charge in [-0.15, -0.1) is 0 Å². The maximum atomic E-state index is 15.5. The van der Waals surface area contributed by atoms with E-state index in [1.54, 1.807) is 0 Å². The molecule has 2 N–H and O–H groups in total. The van der Waals surface area contributed by atoms with Gasteiger partial charge >= 0.3 is 5.97 Å². The molecule has 6 aromatic rings. The van der Waals surface area contributed by atoms with Crippen LogP contribution in [0.1, 0.15) is 46.7 Å². The Hall–Kier alpha value is -5.76. The number of esters is 1. The summed E-state index contributed by atoms with van der Waals surface area (Å²) in [5.74, 6) is -4.42. The lowest BCUT2D eigenvalue weighted by Crippen LogP contribution is -2.74. The number of rotatable bonds is 24. The molecule has 0 radical (unpaired) electrons. The third-order valence-corrected chi connectivity index (χ3v) is 14.1. The fourth-order valence-electron chi connectivity index (χ4n) is 9.69. The summed E-state index contributed by atoms with van der Waals surface area (Å²) in [4.78, 5) is 29.1. The first kappa shape index (κ1) is 57.9. The Bertz CT molecular complexity index is 2830. The Morgan fingerprint density at radius 1 is 0.633 bits per heavy atom. The number of alkyl halides is 3. The molecule has 18 heteroatoms. The SMILES string of the molecule is CC(=O)N[C@H]1[C@H]([C@H](OCc2ccccc2)[C@@H](COCc2ccccc2)OCc2ccccc2)O[C@@]2(C[C@@H]1OCc1ccccc1)OC1C(OC2=O)[C@@H](COCc2ccccc2)OC(OC(=N)C(Cl)(Cl)Cl)[C@@H]1OCc1ccccc1. The standard InChI is InChI=1S/C61H63Cl3N2O13/c1-41(67)66-51-48(71-35-44-24-12-4-13-25-44)32-60(78-54(51)52(73-37-46-28-16-6-17-29-46)49(72-36-45-26-14-5-15-27-45)39-69-33-42-20-8-2-9-21-42)59(68)76-53-50(40-70-34-43-22-10-3-11-23-43)75-57(77-58(65)61(62,63)64)56(55(53)79-60)74-38-47-30-18-7-19-31-47/h2-31,48-57,65H,32-40H2,1H3,(H,66,67)/t48-,49+,50+,51+,52+,53?,54+,55?,56+,57?,60-/m0/s1. The molecular formula is C61H63Cl3N2O13. The van der Waals surface area contributed by atoms with Crippen LogP contribution < -0.4 is 5.32 Å². The minimum absolute atomic E-state index is 0.0196. The summed E-state index contributed by atoms with van der Waals surface area (Å²) in [6.07, 6.45) is -11.1. The Morgan fingerprint density at radius 3 is 1.61 bits per heavy atom. The maximum Gasteiger partial charge on any atom is 0.367 e. The first-order valence-corrected chi connectivity index (χ1v) is 27.2. The van der Waals surface area contributed by atoms with Gasteiger partial charge in [-0.05, 0) is 33.4 Å². The van der Waals surface area contributed by atoms with Crippen LogP contribution in [0.15, 0.2) is 182 Å². The van der Waals surface area contributed by atoms with E-state index in [2.05, 4.69) is 5.32 Å². The molecule has 9 rings (SSSR count). The van der Waals surface area contributed by atoms with Crippen molar-refractivity contribution in [2.75, 3.05) is 13.2 Å². The molecule has 3 aliphatic rings. The van der Waals surface area contributed by atoms with Crippen molar-refractivity contribution in [2.45, 2.75) is 124 Å². The van der Waals surface area contributed by atoms with E-state index in [0.717, 1.165) is 33.4 Å². The lowest BCUT2D eigenvalue weighted by atomic mass is 9.86. The monoisotopic (exact) mass is 1140 g/mol. The van der Waals surface area contributed by atoms with Crippen LogP contribution in [-0.4, -0.2) is 102 Å². The minimum Gasteiger partial charge on any atom is -0.453 e. The van der Waals surface area contributed by atoms with E-state index in [-0.39, 0.29) is 59.3 Å². The van der Waals surface area contributed by atoms with Gasteiger partial charge in [0.1, 0.15) is 30.5 Å². The lowest BCUT2D eigenvalue weighted by Gasteiger charge is -2.55. The van der Waals surface area contributed by atoms with E-state index in [1.165, 1.54) is 6.92 Å². The smallest absolute Gasteiger partial charge is 0.367 e. The average molecular weight is 1140 g/mol. The van der Waals surface area contributed by atoms with E-state index < -0.39 is 88.5 Å². The van der Waals surface area contributed by atoms with Crippen LogP contribution in [0.25, 0.3) is 0 Å². The highest BCUT2D eigenvalue weighted by Gasteiger charge is 2.66. The summed E-state index contributed by atoms with van der Waals surface area (Å²) in [6, 6.07) is 56.2. The first-order chi connectivity index (χ1) is 38.4. The summed E-state index contributed by atoms with van der Waals surface area (Å²) in [5, 5.41) is 11.9. The summed E-state index contributed by atoms with van der Waals surface area (Å²) in [7, 11) is 0. The molecule has 0 aromatic heterocycles. The van der Waals surface area contributed by atoms with Crippen molar-refractivity contribution in [1.82, 2.24) is 5.32 Å². The van der Waals surface area contributed by atoms with Gasteiger partial charge in [0.15, 0.2) is 12.2 Å². The van der Waals surface area contributed by atoms with Gasteiger partial charge in [0, 0.05) is 13.3 Å². The number of fused-ring (bicyclic) bond motifs is 1. The Morgan fingerprint density at radius 2 is 1.10 bits per heavy atom. The Balaban J connectivity index is 1.14. The summed E-state index contributed by atoms with van der Waals surface area (Å²) < 4.78 is 71.5. The van der Waals surface area contributed by atoms with Gasteiger partial charge in [-0.1, -0.05) is 217 Å².